The van der Waals surface area contributed by atoms with Gasteiger partial charge in [-0.25, -0.2) is 8.42 Å². The van der Waals surface area contributed by atoms with Gasteiger partial charge in [-0.2, -0.15) is 16.1 Å². The van der Waals surface area contributed by atoms with Gasteiger partial charge in [0, 0.05) is 35.7 Å². The third-order valence-electron chi connectivity index (χ3n) is 5.05. The minimum atomic E-state index is -3.57. The molecule has 1 fully saturated rings. The Morgan fingerprint density at radius 3 is 2.70 bits per heavy atom. The monoisotopic (exact) mass is 398 g/mol. The van der Waals surface area contributed by atoms with Crippen LogP contribution in [0.3, 0.4) is 0 Å². The molecule has 1 aliphatic heterocycles. The van der Waals surface area contributed by atoms with Crippen molar-refractivity contribution in [2.75, 3.05) is 18.8 Å². The van der Waals surface area contributed by atoms with Gasteiger partial charge in [0.05, 0.1) is 5.52 Å². The lowest BCUT2D eigenvalue weighted by atomic mass is 10.0. The predicted octanol–water partition coefficient (Wildman–Crippen LogP) is 4.41. The highest BCUT2D eigenvalue weighted by atomic mass is 32.2. The number of fused-ring (bicyclic) bond motifs is 1. The van der Waals surface area contributed by atoms with Crippen molar-refractivity contribution >= 4 is 32.7 Å². The lowest BCUT2D eigenvalue weighted by Crippen LogP contribution is -2.33. The minimum absolute atomic E-state index is 0.306. The van der Waals surface area contributed by atoms with Gasteiger partial charge in [0.25, 0.3) is 0 Å². The highest BCUT2D eigenvalue weighted by molar-refractivity contribution is 7.99. The van der Waals surface area contributed by atoms with Crippen LogP contribution in [0.2, 0.25) is 0 Å². The summed E-state index contributed by atoms with van der Waals surface area (Å²) in [6.07, 6.45) is 2.46. The Balaban J connectivity index is 1.62. The summed E-state index contributed by atoms with van der Waals surface area (Å²) in [5, 5.41) is 1.18. The highest BCUT2D eigenvalue weighted by Gasteiger charge is 2.30. The molecule has 0 bridgehead atoms. The van der Waals surface area contributed by atoms with Crippen LogP contribution in [-0.2, 0) is 10.0 Å². The summed E-state index contributed by atoms with van der Waals surface area (Å²) < 4.78 is 28.3. The van der Waals surface area contributed by atoms with E-state index in [0.29, 0.717) is 28.8 Å². The lowest BCUT2D eigenvalue weighted by molar-refractivity contribution is 0.428. The van der Waals surface area contributed by atoms with Crippen molar-refractivity contribution in [1.29, 1.82) is 0 Å². The molecule has 1 saturated heterocycles. The molecule has 140 valence electrons. The predicted molar refractivity (Wildman–Crippen MR) is 111 cm³/mol. The zero-order chi connectivity index (χ0) is 18.9. The molecule has 6 heteroatoms. The number of hydrogen-bond donors (Lipinski definition) is 0. The van der Waals surface area contributed by atoms with E-state index < -0.39 is 10.0 Å². The fourth-order valence-electron chi connectivity index (χ4n) is 3.61. The molecule has 2 heterocycles. The molecule has 0 aliphatic carbocycles. The first kappa shape index (κ1) is 18.5. The fourth-order valence-corrected chi connectivity index (χ4v) is 6.67. The van der Waals surface area contributed by atoms with Crippen LogP contribution in [0.25, 0.3) is 10.9 Å². The molecular formula is C21H22N2O2S2. The van der Waals surface area contributed by atoms with Gasteiger partial charge in [0.15, 0.2) is 0 Å². The fraction of sp³-hybridized carbons (Fsp3) is 0.286. The van der Waals surface area contributed by atoms with E-state index in [2.05, 4.69) is 30.1 Å². The van der Waals surface area contributed by atoms with Crippen LogP contribution >= 0.6 is 11.8 Å². The molecule has 4 nitrogen and oxygen atoms in total. The summed E-state index contributed by atoms with van der Waals surface area (Å²) in [6.45, 7) is 3.17. The van der Waals surface area contributed by atoms with Gasteiger partial charge < -0.3 is 0 Å². The van der Waals surface area contributed by atoms with E-state index in [1.165, 1.54) is 11.1 Å². The Kier molecular flexibility index (Phi) is 5.21. The quantitative estimate of drug-likeness (QED) is 0.656. The molecule has 1 aromatic heterocycles. The number of pyridine rings is 1. The normalized spacial score (nSPS) is 19.1. The van der Waals surface area contributed by atoms with Gasteiger partial charge in [0.1, 0.15) is 4.90 Å². The summed E-state index contributed by atoms with van der Waals surface area (Å²) >= 11 is 1.85. The first-order valence-electron chi connectivity index (χ1n) is 9.08. The van der Waals surface area contributed by atoms with E-state index in [-0.39, 0.29) is 0 Å². The topological polar surface area (TPSA) is 50.3 Å². The first-order valence-corrected chi connectivity index (χ1v) is 11.6. The van der Waals surface area contributed by atoms with E-state index in [1.54, 1.807) is 22.6 Å². The number of rotatable bonds is 3. The molecule has 1 atom stereocenters. The Hall–Kier alpha value is -1.89. The zero-order valence-corrected chi connectivity index (χ0v) is 16.8. The Morgan fingerprint density at radius 2 is 1.85 bits per heavy atom. The van der Waals surface area contributed by atoms with E-state index in [1.807, 2.05) is 36.0 Å². The average Bonchev–Trinajstić information content (AvgIpc) is 2.94. The molecular weight excluding hydrogens is 376 g/mol. The van der Waals surface area contributed by atoms with Gasteiger partial charge in [0.2, 0.25) is 10.0 Å². The molecule has 27 heavy (non-hydrogen) atoms. The number of hydrogen-bond acceptors (Lipinski definition) is 4. The Labute approximate surface area is 164 Å². The number of aromatic nitrogens is 1. The molecule has 0 unspecified atom stereocenters. The van der Waals surface area contributed by atoms with Crippen molar-refractivity contribution in [3.8, 4) is 0 Å². The third kappa shape index (κ3) is 3.61. The molecule has 0 saturated carbocycles. The van der Waals surface area contributed by atoms with Crippen LogP contribution in [0.15, 0.2) is 65.7 Å². The summed E-state index contributed by atoms with van der Waals surface area (Å²) in [6, 6.07) is 17.5. The third-order valence-corrected chi connectivity index (χ3v) is 8.29. The minimum Gasteiger partial charge on any atom is -0.255 e. The smallest absolute Gasteiger partial charge is 0.245 e. The Morgan fingerprint density at radius 1 is 1.04 bits per heavy atom. The number of benzene rings is 2. The number of aryl methyl sites for hydroxylation is 1. The van der Waals surface area contributed by atoms with Crippen molar-refractivity contribution in [1.82, 2.24) is 9.29 Å². The number of nitrogens with zero attached hydrogens (tertiary/aromatic N) is 2. The van der Waals surface area contributed by atoms with Crippen LogP contribution in [0.5, 0.6) is 0 Å². The average molecular weight is 399 g/mol. The number of thioether (sulfide) groups is 1. The molecule has 1 aliphatic rings. The first-order chi connectivity index (χ1) is 13.1. The molecule has 0 N–H and O–H groups in total. The van der Waals surface area contributed by atoms with Gasteiger partial charge >= 0.3 is 0 Å². The van der Waals surface area contributed by atoms with Crippen LogP contribution in [-0.4, -0.2) is 36.5 Å². The Bertz CT molecular complexity index is 1060. The van der Waals surface area contributed by atoms with Gasteiger partial charge in [-0.1, -0.05) is 42.5 Å². The molecule has 0 amide bonds. The largest absolute Gasteiger partial charge is 0.255 e. The molecule has 0 radical (unpaired) electrons. The maximum absolute atomic E-state index is 13.3. The van der Waals surface area contributed by atoms with Gasteiger partial charge in [-0.05, 0) is 36.6 Å². The molecule has 2 aromatic carbocycles. The highest BCUT2D eigenvalue weighted by Crippen LogP contribution is 2.37. The van der Waals surface area contributed by atoms with Crippen molar-refractivity contribution < 1.29 is 8.42 Å². The van der Waals surface area contributed by atoms with Crippen molar-refractivity contribution in [3.63, 3.8) is 0 Å². The van der Waals surface area contributed by atoms with Crippen LogP contribution in [0.1, 0.15) is 22.8 Å². The second-order valence-corrected chi connectivity index (χ2v) is 9.96. The summed E-state index contributed by atoms with van der Waals surface area (Å²) in [5.41, 5.74) is 3.13. The van der Waals surface area contributed by atoms with Crippen molar-refractivity contribution in [3.05, 3.63) is 71.9 Å². The second-order valence-electron chi connectivity index (χ2n) is 6.74. The molecule has 0 spiro atoms. The molecule has 4 rings (SSSR count). The van der Waals surface area contributed by atoms with Gasteiger partial charge in [-0.15, -0.1) is 0 Å². The van der Waals surface area contributed by atoms with Crippen molar-refractivity contribution in [2.24, 2.45) is 0 Å². The van der Waals surface area contributed by atoms with E-state index in [4.69, 9.17) is 0 Å². The van der Waals surface area contributed by atoms with E-state index in [9.17, 15) is 8.42 Å². The second kappa shape index (κ2) is 7.62. The summed E-state index contributed by atoms with van der Waals surface area (Å²) in [4.78, 5) is 4.63. The molecule has 3 aromatic rings. The number of sulfonamides is 1. The maximum Gasteiger partial charge on any atom is 0.245 e. The standard InChI is InChI=1S/C21H22N2O2S2/c1-16-6-2-3-9-18(16)19-11-13-23(14-15-26-19)27(24,25)20-10-4-7-17-8-5-12-22-21(17)20/h2-10,12,19H,11,13-15H2,1H3/t19-/m0/s1. The van der Waals surface area contributed by atoms with Crippen LogP contribution in [0.4, 0.5) is 0 Å². The van der Waals surface area contributed by atoms with E-state index in [0.717, 1.165) is 17.6 Å². The SMILES string of the molecule is Cc1ccccc1[C@@H]1CCN(S(=O)(=O)c2cccc3cccnc23)CCS1. The lowest BCUT2D eigenvalue weighted by Gasteiger charge is -2.21. The summed E-state index contributed by atoms with van der Waals surface area (Å²) in [5.74, 6) is 0.788. The summed E-state index contributed by atoms with van der Waals surface area (Å²) in [7, 11) is -3.57. The van der Waals surface area contributed by atoms with E-state index >= 15 is 0 Å². The van der Waals surface area contributed by atoms with Crippen LogP contribution in [0, 0.1) is 6.92 Å². The van der Waals surface area contributed by atoms with Gasteiger partial charge in [-0.3, -0.25) is 4.98 Å². The zero-order valence-electron chi connectivity index (χ0n) is 15.2. The maximum atomic E-state index is 13.3. The number of para-hydroxylation sites is 1. The van der Waals surface area contributed by atoms with Crippen molar-refractivity contribution in [2.45, 2.75) is 23.5 Å². The van der Waals surface area contributed by atoms with Crippen LogP contribution < -0.4 is 0 Å².